The average Bonchev–Trinajstić information content (AvgIpc) is 2.75. The standard InChI is InChI=1S/C17H24N2S2/c1-10-5-6-13-12(8-10)14-15(20)18-17(19-16(14)21-13)7-3-4-11(2)9-17/h10-11,19H,3-9H2,1-2H3,(H,18,20)/t10-,11-,17-/m1/s1. The van der Waals surface area contributed by atoms with E-state index in [0.29, 0.717) is 0 Å². The Morgan fingerprint density at radius 2 is 2.05 bits per heavy atom. The van der Waals surface area contributed by atoms with Gasteiger partial charge in [-0.2, -0.15) is 0 Å². The molecule has 1 aliphatic heterocycles. The summed E-state index contributed by atoms with van der Waals surface area (Å²) in [6.45, 7) is 4.73. The third-order valence-electron chi connectivity index (χ3n) is 5.44. The van der Waals surface area contributed by atoms with Gasteiger partial charge in [0.05, 0.1) is 0 Å². The van der Waals surface area contributed by atoms with Crippen LogP contribution in [0.15, 0.2) is 0 Å². The molecule has 4 heteroatoms. The van der Waals surface area contributed by atoms with Gasteiger partial charge < -0.3 is 10.6 Å². The summed E-state index contributed by atoms with van der Waals surface area (Å²) < 4.78 is 0. The van der Waals surface area contributed by atoms with E-state index >= 15 is 0 Å². The van der Waals surface area contributed by atoms with Gasteiger partial charge in [0, 0.05) is 10.4 Å². The number of hydrogen-bond acceptors (Lipinski definition) is 3. The Morgan fingerprint density at radius 1 is 1.19 bits per heavy atom. The summed E-state index contributed by atoms with van der Waals surface area (Å²) in [5.41, 5.74) is 2.90. The molecular formula is C17H24N2S2. The number of thiocarbonyl (C=S) groups is 1. The van der Waals surface area contributed by atoms with Gasteiger partial charge in [0.15, 0.2) is 0 Å². The van der Waals surface area contributed by atoms with E-state index in [4.69, 9.17) is 12.2 Å². The van der Waals surface area contributed by atoms with Crippen molar-refractivity contribution in [3.8, 4) is 0 Å². The van der Waals surface area contributed by atoms with Crippen LogP contribution in [0.3, 0.4) is 0 Å². The molecule has 3 aliphatic rings. The molecule has 2 nitrogen and oxygen atoms in total. The number of hydrogen-bond donors (Lipinski definition) is 2. The third-order valence-corrected chi connectivity index (χ3v) is 6.95. The van der Waals surface area contributed by atoms with Gasteiger partial charge in [0.25, 0.3) is 0 Å². The highest BCUT2D eigenvalue weighted by Gasteiger charge is 2.41. The monoisotopic (exact) mass is 320 g/mol. The van der Waals surface area contributed by atoms with E-state index in [0.717, 1.165) is 16.8 Å². The van der Waals surface area contributed by atoms with Crippen LogP contribution in [-0.2, 0) is 12.8 Å². The summed E-state index contributed by atoms with van der Waals surface area (Å²) in [7, 11) is 0. The Labute approximate surface area is 136 Å². The summed E-state index contributed by atoms with van der Waals surface area (Å²) in [4.78, 5) is 2.58. The SMILES string of the molecule is C[C@@H]1CCc2sc3c(c2C1)C(=S)N[C@]1(CCC[C@@H](C)C1)N3. The number of rotatable bonds is 0. The molecule has 2 N–H and O–H groups in total. The van der Waals surface area contributed by atoms with E-state index in [9.17, 15) is 0 Å². The highest BCUT2D eigenvalue weighted by atomic mass is 32.1. The molecule has 1 aromatic heterocycles. The van der Waals surface area contributed by atoms with Crippen molar-refractivity contribution in [2.24, 2.45) is 11.8 Å². The zero-order valence-electron chi connectivity index (χ0n) is 12.9. The van der Waals surface area contributed by atoms with Crippen LogP contribution in [-0.4, -0.2) is 10.7 Å². The fourth-order valence-corrected chi connectivity index (χ4v) is 6.23. The number of aryl methyl sites for hydroxylation is 1. The van der Waals surface area contributed by atoms with Crippen molar-refractivity contribution >= 4 is 33.5 Å². The maximum atomic E-state index is 5.79. The topological polar surface area (TPSA) is 24.1 Å². The number of anilines is 1. The molecule has 4 rings (SSSR count). The Balaban J connectivity index is 1.71. The van der Waals surface area contributed by atoms with E-state index in [1.54, 1.807) is 4.88 Å². The van der Waals surface area contributed by atoms with Crippen molar-refractivity contribution in [3.63, 3.8) is 0 Å². The molecule has 0 amide bonds. The lowest BCUT2D eigenvalue weighted by Crippen LogP contribution is -2.59. The summed E-state index contributed by atoms with van der Waals surface area (Å²) in [6.07, 6.45) is 8.79. The summed E-state index contributed by atoms with van der Waals surface area (Å²) in [5.74, 6) is 1.57. The van der Waals surface area contributed by atoms with Crippen molar-refractivity contribution in [1.82, 2.24) is 5.32 Å². The third kappa shape index (κ3) is 2.31. The van der Waals surface area contributed by atoms with Crippen LogP contribution in [0.25, 0.3) is 0 Å². The molecule has 0 radical (unpaired) electrons. The van der Waals surface area contributed by atoms with Crippen LogP contribution >= 0.6 is 23.6 Å². The largest absolute Gasteiger partial charge is 0.354 e. The van der Waals surface area contributed by atoms with Gasteiger partial charge in [-0.25, -0.2) is 0 Å². The lowest BCUT2D eigenvalue weighted by atomic mass is 9.80. The molecule has 2 heterocycles. The van der Waals surface area contributed by atoms with Crippen LogP contribution < -0.4 is 10.6 Å². The molecule has 1 fully saturated rings. The van der Waals surface area contributed by atoms with Gasteiger partial charge in [-0.1, -0.05) is 32.5 Å². The van der Waals surface area contributed by atoms with E-state index in [1.807, 2.05) is 11.3 Å². The minimum atomic E-state index is 0.0286. The van der Waals surface area contributed by atoms with Gasteiger partial charge in [-0.3, -0.25) is 0 Å². The lowest BCUT2D eigenvalue weighted by molar-refractivity contribution is 0.241. The van der Waals surface area contributed by atoms with Gasteiger partial charge in [0.1, 0.15) is 15.7 Å². The second-order valence-corrected chi connectivity index (χ2v) is 8.93. The molecule has 3 atom stereocenters. The van der Waals surface area contributed by atoms with Crippen LogP contribution in [0.1, 0.15) is 62.0 Å². The fourth-order valence-electron chi connectivity index (χ4n) is 4.39. The van der Waals surface area contributed by atoms with Gasteiger partial charge >= 0.3 is 0 Å². The molecule has 0 bridgehead atoms. The Hall–Kier alpha value is -0.610. The van der Waals surface area contributed by atoms with Crippen LogP contribution in [0, 0.1) is 11.8 Å². The van der Waals surface area contributed by atoms with Gasteiger partial charge in [-0.05, 0) is 55.9 Å². The highest BCUT2D eigenvalue weighted by molar-refractivity contribution is 7.80. The van der Waals surface area contributed by atoms with Crippen molar-refractivity contribution < 1.29 is 0 Å². The van der Waals surface area contributed by atoms with Crippen molar-refractivity contribution in [2.45, 2.75) is 64.5 Å². The molecule has 1 aromatic rings. The number of nitrogens with one attached hydrogen (secondary N) is 2. The van der Waals surface area contributed by atoms with Crippen LogP contribution in [0.4, 0.5) is 5.00 Å². The van der Waals surface area contributed by atoms with Crippen LogP contribution in [0.2, 0.25) is 0 Å². The first-order valence-corrected chi connectivity index (χ1v) is 9.54. The van der Waals surface area contributed by atoms with Crippen molar-refractivity contribution in [1.29, 1.82) is 0 Å². The molecule has 21 heavy (non-hydrogen) atoms. The normalized spacial score (nSPS) is 34.9. The van der Waals surface area contributed by atoms with E-state index in [1.165, 1.54) is 61.1 Å². The average molecular weight is 321 g/mol. The minimum absolute atomic E-state index is 0.0286. The summed E-state index contributed by atoms with van der Waals surface area (Å²) in [5, 5.41) is 8.92. The van der Waals surface area contributed by atoms with Crippen molar-refractivity contribution in [2.75, 3.05) is 5.32 Å². The van der Waals surface area contributed by atoms with Crippen molar-refractivity contribution in [3.05, 3.63) is 16.0 Å². The summed E-state index contributed by atoms with van der Waals surface area (Å²) >= 11 is 7.76. The van der Waals surface area contributed by atoms with E-state index < -0.39 is 0 Å². The molecule has 0 aromatic carbocycles. The van der Waals surface area contributed by atoms with E-state index in [2.05, 4.69) is 24.5 Å². The first-order valence-electron chi connectivity index (χ1n) is 8.31. The first kappa shape index (κ1) is 14.0. The quantitative estimate of drug-likeness (QED) is 0.690. The number of fused-ring (bicyclic) bond motifs is 3. The first-order chi connectivity index (χ1) is 10.1. The molecule has 114 valence electrons. The predicted molar refractivity (Wildman–Crippen MR) is 94.3 cm³/mol. The van der Waals surface area contributed by atoms with E-state index in [-0.39, 0.29) is 5.66 Å². The molecule has 0 saturated heterocycles. The Kier molecular flexibility index (Phi) is 3.30. The molecule has 1 spiro atoms. The molecule has 1 saturated carbocycles. The number of thiophene rings is 1. The lowest BCUT2D eigenvalue weighted by Gasteiger charge is -2.45. The van der Waals surface area contributed by atoms with Crippen LogP contribution in [0.5, 0.6) is 0 Å². The zero-order chi connectivity index (χ0) is 14.6. The molecule has 2 aliphatic carbocycles. The molecule has 0 unspecified atom stereocenters. The second kappa shape index (κ2) is 4.95. The van der Waals surface area contributed by atoms with Gasteiger partial charge in [0.2, 0.25) is 0 Å². The minimum Gasteiger partial charge on any atom is -0.354 e. The smallest absolute Gasteiger partial charge is 0.111 e. The highest BCUT2D eigenvalue weighted by Crippen LogP contribution is 2.45. The maximum absolute atomic E-state index is 5.79. The predicted octanol–water partition coefficient (Wildman–Crippen LogP) is 4.47. The summed E-state index contributed by atoms with van der Waals surface area (Å²) in [6, 6.07) is 0. The maximum Gasteiger partial charge on any atom is 0.111 e. The second-order valence-electron chi connectivity index (χ2n) is 7.42. The Bertz CT molecular complexity index is 592. The molecular weight excluding hydrogens is 296 g/mol. The fraction of sp³-hybridized carbons (Fsp3) is 0.706. The van der Waals surface area contributed by atoms with Gasteiger partial charge in [-0.15, -0.1) is 11.3 Å². The zero-order valence-corrected chi connectivity index (χ0v) is 14.6. The Morgan fingerprint density at radius 3 is 2.86 bits per heavy atom.